The largest absolute Gasteiger partial charge is 0.232 e. The maximum absolute atomic E-state index is 5.70. The number of nitrogens with two attached hydrogens (primary N) is 1. The maximum atomic E-state index is 5.70. The summed E-state index contributed by atoms with van der Waals surface area (Å²) in [6, 6.07) is 16.3. The predicted octanol–water partition coefficient (Wildman–Crippen LogP) is 3.87. The van der Waals surface area contributed by atoms with Gasteiger partial charge in [0.25, 0.3) is 0 Å². The number of rotatable bonds is 3. The van der Waals surface area contributed by atoms with E-state index in [0.717, 1.165) is 21.1 Å². The second kappa shape index (κ2) is 5.54. The minimum absolute atomic E-state index is 0.753. The van der Waals surface area contributed by atoms with Crippen molar-refractivity contribution < 1.29 is 0 Å². The topological polar surface area (TPSA) is 29.3 Å². The zero-order valence-electron chi connectivity index (χ0n) is 9.11. The Morgan fingerprint density at radius 1 is 1.06 bits per heavy atom. The van der Waals surface area contributed by atoms with E-state index in [9.17, 15) is 0 Å². The number of benzene rings is 2. The van der Waals surface area contributed by atoms with Crippen LogP contribution in [0.4, 0.5) is 5.69 Å². The first-order valence-corrected chi connectivity index (χ1v) is 6.33. The molecule has 0 spiro atoms. The molecule has 0 radical (unpaired) electrons. The van der Waals surface area contributed by atoms with Gasteiger partial charge in [0.05, 0.1) is 5.69 Å². The van der Waals surface area contributed by atoms with E-state index in [-0.39, 0.29) is 0 Å². The number of anilines is 1. The van der Waals surface area contributed by atoms with Crippen LogP contribution in [0.5, 0.6) is 0 Å². The molecule has 2 rings (SSSR count). The van der Waals surface area contributed by atoms with Crippen molar-refractivity contribution >= 4 is 33.4 Å². The fourth-order valence-electron chi connectivity index (χ4n) is 1.67. The number of hydrogen-bond acceptors (Lipinski definition) is 2. The molecule has 0 aliphatic rings. The SMILES string of the molecule is NN(Cl)c1ccc(Cc2ccccc2)cc1Br. The molecule has 0 amide bonds. The maximum Gasteiger partial charge on any atom is 0.0845 e. The summed E-state index contributed by atoms with van der Waals surface area (Å²) in [5, 5.41) is 0. The van der Waals surface area contributed by atoms with Crippen LogP contribution in [0.15, 0.2) is 53.0 Å². The van der Waals surface area contributed by atoms with Crippen LogP contribution < -0.4 is 10.4 Å². The van der Waals surface area contributed by atoms with E-state index in [1.165, 1.54) is 11.1 Å². The summed E-state index contributed by atoms with van der Waals surface area (Å²) in [6.45, 7) is 0. The number of hydrogen-bond donors (Lipinski definition) is 1. The fourth-order valence-corrected chi connectivity index (χ4v) is 2.53. The van der Waals surface area contributed by atoms with Crippen LogP contribution >= 0.6 is 27.7 Å². The van der Waals surface area contributed by atoms with Gasteiger partial charge in [-0.15, -0.1) is 0 Å². The van der Waals surface area contributed by atoms with Crippen LogP contribution in [0.25, 0.3) is 0 Å². The second-order valence-corrected chi connectivity index (χ2v) is 4.98. The molecule has 0 heterocycles. The summed E-state index contributed by atoms with van der Waals surface area (Å²) in [5.74, 6) is 5.49. The lowest BCUT2D eigenvalue weighted by atomic mass is 10.1. The highest BCUT2D eigenvalue weighted by atomic mass is 79.9. The van der Waals surface area contributed by atoms with E-state index in [1.54, 1.807) is 0 Å². The predicted molar refractivity (Wildman–Crippen MR) is 75.9 cm³/mol. The molecule has 2 nitrogen and oxygen atoms in total. The molecule has 4 heteroatoms. The Kier molecular flexibility index (Phi) is 4.05. The molecular weight excluding hydrogens is 300 g/mol. The van der Waals surface area contributed by atoms with E-state index in [1.807, 2.05) is 36.4 Å². The minimum Gasteiger partial charge on any atom is -0.232 e. The lowest BCUT2D eigenvalue weighted by molar-refractivity contribution is 1.15. The summed E-state index contributed by atoms with van der Waals surface area (Å²) in [4.78, 5) is 0. The second-order valence-electron chi connectivity index (χ2n) is 3.76. The molecule has 0 aliphatic heterocycles. The summed E-state index contributed by atoms with van der Waals surface area (Å²) in [6.07, 6.45) is 0.895. The Morgan fingerprint density at radius 2 is 1.76 bits per heavy atom. The monoisotopic (exact) mass is 310 g/mol. The van der Waals surface area contributed by atoms with Crippen LogP contribution in [0, 0.1) is 0 Å². The van der Waals surface area contributed by atoms with Crippen molar-refractivity contribution in [2.45, 2.75) is 6.42 Å². The van der Waals surface area contributed by atoms with Gasteiger partial charge in [-0.25, -0.2) is 10.4 Å². The van der Waals surface area contributed by atoms with Gasteiger partial charge in [0.2, 0.25) is 0 Å². The molecule has 0 bridgehead atoms. The Hall–Kier alpha value is -1.03. The van der Waals surface area contributed by atoms with Crippen molar-refractivity contribution in [3.05, 3.63) is 64.1 Å². The first kappa shape index (κ1) is 12.4. The molecule has 0 saturated carbocycles. The molecule has 0 unspecified atom stereocenters. The zero-order valence-corrected chi connectivity index (χ0v) is 11.4. The van der Waals surface area contributed by atoms with Crippen LogP contribution in [0.2, 0.25) is 0 Å². The van der Waals surface area contributed by atoms with Gasteiger partial charge >= 0.3 is 0 Å². The molecule has 0 aliphatic carbocycles. The number of hydrazine groups is 1. The van der Waals surface area contributed by atoms with Crippen molar-refractivity contribution in [1.82, 2.24) is 0 Å². The molecule has 2 aromatic carbocycles. The van der Waals surface area contributed by atoms with E-state index < -0.39 is 0 Å². The van der Waals surface area contributed by atoms with Crippen molar-refractivity contribution in [3.8, 4) is 0 Å². The van der Waals surface area contributed by atoms with Crippen molar-refractivity contribution in [2.24, 2.45) is 5.84 Å². The summed E-state index contributed by atoms with van der Waals surface area (Å²) >= 11 is 9.16. The molecule has 0 aromatic heterocycles. The average molecular weight is 312 g/mol. The van der Waals surface area contributed by atoms with Crippen molar-refractivity contribution in [1.29, 1.82) is 0 Å². The number of nitrogens with zero attached hydrogens (tertiary/aromatic N) is 1. The Labute approximate surface area is 114 Å². The summed E-state index contributed by atoms with van der Waals surface area (Å²) in [7, 11) is 0. The quantitative estimate of drug-likeness (QED) is 0.529. The van der Waals surface area contributed by atoms with Crippen LogP contribution in [-0.2, 0) is 6.42 Å². The van der Waals surface area contributed by atoms with Gasteiger partial charge in [-0.2, -0.15) is 0 Å². The fraction of sp³-hybridized carbons (Fsp3) is 0.0769. The van der Waals surface area contributed by atoms with Gasteiger partial charge in [-0.05, 0) is 45.6 Å². The van der Waals surface area contributed by atoms with E-state index in [2.05, 4.69) is 28.1 Å². The molecule has 17 heavy (non-hydrogen) atoms. The molecule has 0 saturated heterocycles. The van der Waals surface area contributed by atoms with Crippen LogP contribution in [-0.4, -0.2) is 0 Å². The van der Waals surface area contributed by atoms with E-state index in [4.69, 9.17) is 17.6 Å². The molecule has 2 N–H and O–H groups in total. The highest BCUT2D eigenvalue weighted by Crippen LogP contribution is 2.27. The van der Waals surface area contributed by atoms with E-state index in [0.29, 0.717) is 0 Å². The first-order chi connectivity index (χ1) is 8.16. The van der Waals surface area contributed by atoms with Crippen LogP contribution in [0.1, 0.15) is 11.1 Å². The highest BCUT2D eigenvalue weighted by molar-refractivity contribution is 9.10. The van der Waals surface area contributed by atoms with Crippen molar-refractivity contribution in [3.63, 3.8) is 0 Å². The molecular formula is C13H12BrClN2. The first-order valence-electron chi connectivity index (χ1n) is 5.20. The van der Waals surface area contributed by atoms with Gasteiger partial charge in [-0.3, -0.25) is 0 Å². The van der Waals surface area contributed by atoms with Gasteiger partial charge in [-0.1, -0.05) is 36.4 Å². The molecule has 0 fully saturated rings. The minimum atomic E-state index is 0.753. The molecule has 2 aromatic rings. The molecule has 88 valence electrons. The third-order valence-electron chi connectivity index (χ3n) is 2.49. The standard InChI is InChI=1S/C13H12BrClN2/c14-12-9-11(6-7-13(12)17(15)16)8-10-4-2-1-3-5-10/h1-7,9H,8,16H2. The van der Waals surface area contributed by atoms with Crippen molar-refractivity contribution in [2.75, 3.05) is 4.53 Å². The number of halogens is 2. The average Bonchev–Trinajstić information content (AvgIpc) is 2.30. The van der Waals surface area contributed by atoms with Gasteiger partial charge in [0, 0.05) is 16.2 Å². The lowest BCUT2D eigenvalue weighted by Gasteiger charge is -2.12. The Bertz CT molecular complexity index is 500. The van der Waals surface area contributed by atoms with Crippen LogP contribution in [0.3, 0.4) is 0 Å². The van der Waals surface area contributed by atoms with Gasteiger partial charge in [0.15, 0.2) is 0 Å². The lowest BCUT2D eigenvalue weighted by Crippen LogP contribution is -2.18. The summed E-state index contributed by atoms with van der Waals surface area (Å²) < 4.78 is 1.97. The normalized spacial score (nSPS) is 10.3. The highest BCUT2D eigenvalue weighted by Gasteiger charge is 2.05. The molecule has 0 atom stereocenters. The van der Waals surface area contributed by atoms with Gasteiger partial charge < -0.3 is 0 Å². The third kappa shape index (κ3) is 3.22. The Balaban J connectivity index is 2.21. The van der Waals surface area contributed by atoms with Gasteiger partial charge in [0.1, 0.15) is 0 Å². The zero-order chi connectivity index (χ0) is 12.3. The smallest absolute Gasteiger partial charge is 0.0845 e. The van der Waals surface area contributed by atoms with E-state index >= 15 is 0 Å². The summed E-state index contributed by atoms with van der Waals surface area (Å²) in [5.41, 5.74) is 3.25. The Morgan fingerprint density at radius 3 is 2.35 bits per heavy atom. The third-order valence-corrected chi connectivity index (χ3v) is 3.31.